The van der Waals surface area contributed by atoms with Crippen molar-refractivity contribution in [1.82, 2.24) is 19.1 Å². The maximum Gasteiger partial charge on any atom is 0.269 e. The summed E-state index contributed by atoms with van der Waals surface area (Å²) in [5, 5.41) is 2.24. The number of hydrogen-bond acceptors (Lipinski definition) is 3. The van der Waals surface area contributed by atoms with E-state index in [1.807, 2.05) is 88.1 Å². The second-order valence-corrected chi connectivity index (χ2v) is 14.1. The van der Waals surface area contributed by atoms with Crippen LogP contribution in [0.5, 0.6) is 11.5 Å². The molecule has 0 saturated carbocycles. The van der Waals surface area contributed by atoms with E-state index in [-0.39, 0.29) is 11.0 Å². The molecule has 0 unspecified atom stereocenters. The van der Waals surface area contributed by atoms with E-state index in [2.05, 4.69) is 85.2 Å². The molecule has 9 aromatic rings. The quantitative estimate of drug-likeness (QED) is 0.130. The molecule has 0 spiro atoms. The highest BCUT2D eigenvalue weighted by Crippen LogP contribution is 2.36. The molecule has 4 aromatic heterocycles. The molecule has 52 heavy (non-hydrogen) atoms. The predicted molar refractivity (Wildman–Crippen MR) is 209 cm³/mol. The van der Waals surface area contributed by atoms with Crippen LogP contribution in [0.1, 0.15) is 36.0 Å². The molecule has 0 saturated heterocycles. The van der Waals surface area contributed by atoms with Crippen LogP contribution in [0.4, 0.5) is 0 Å². The van der Waals surface area contributed by atoms with Crippen LogP contribution in [0.25, 0.3) is 61.2 Å². The molecular weight excluding hydrogens is 639 g/mol. The average molecular weight is 679 g/mol. The number of benzene rings is 5. The van der Waals surface area contributed by atoms with Crippen molar-refractivity contribution in [3.63, 3.8) is 0 Å². The molecule has 0 radical (unpaired) electrons. The van der Waals surface area contributed by atoms with E-state index >= 15 is 0 Å². The van der Waals surface area contributed by atoms with Gasteiger partial charge in [-0.05, 0) is 77.5 Å². The SMILES string of the molecule is [2H]C([2H])([2H])c1cc(-c2ccccc2)cc(-[n+]2[c-]n(-c3cncc(Oc4ccc5c6ccccc6n(-c6cc(C(C)(C)C)ccn6)c5c4)c3)c3ccccc32)c1. The van der Waals surface area contributed by atoms with Gasteiger partial charge in [0.2, 0.25) is 0 Å². The van der Waals surface area contributed by atoms with Crippen molar-refractivity contribution in [3.05, 3.63) is 170 Å². The van der Waals surface area contributed by atoms with Crippen LogP contribution in [0.2, 0.25) is 0 Å². The first-order valence-corrected chi connectivity index (χ1v) is 17.3. The Labute approximate surface area is 307 Å². The van der Waals surface area contributed by atoms with E-state index in [1.165, 1.54) is 5.56 Å². The predicted octanol–water partition coefficient (Wildman–Crippen LogP) is 10.7. The number of pyridine rings is 2. The van der Waals surface area contributed by atoms with Crippen LogP contribution in [0.3, 0.4) is 0 Å². The van der Waals surface area contributed by atoms with Crippen molar-refractivity contribution in [3.8, 4) is 39.8 Å². The first-order valence-electron chi connectivity index (χ1n) is 18.8. The second kappa shape index (κ2) is 12.4. The summed E-state index contributed by atoms with van der Waals surface area (Å²) in [5.74, 6) is 2.07. The van der Waals surface area contributed by atoms with Crippen LogP contribution in [0.15, 0.2) is 152 Å². The van der Waals surface area contributed by atoms with Gasteiger partial charge in [0.15, 0.2) is 0 Å². The molecule has 0 aliphatic rings. The Morgan fingerprint density at radius 3 is 2.33 bits per heavy atom. The van der Waals surface area contributed by atoms with Crippen molar-refractivity contribution in [2.75, 3.05) is 0 Å². The molecule has 6 heteroatoms. The maximum atomic E-state index is 8.25. The number of aromatic nitrogens is 5. The molecule has 0 bridgehead atoms. The van der Waals surface area contributed by atoms with E-state index in [0.717, 1.165) is 55.5 Å². The van der Waals surface area contributed by atoms with Gasteiger partial charge in [-0.15, -0.1) is 0 Å². The highest BCUT2D eigenvalue weighted by atomic mass is 16.5. The first kappa shape index (κ1) is 28.2. The summed E-state index contributed by atoms with van der Waals surface area (Å²) in [7, 11) is 0. The molecule has 9 rings (SSSR count). The lowest BCUT2D eigenvalue weighted by Crippen LogP contribution is -2.29. The number of aryl methyl sites for hydroxylation is 1. The highest BCUT2D eigenvalue weighted by molar-refractivity contribution is 6.09. The molecule has 0 N–H and O–H groups in total. The van der Waals surface area contributed by atoms with Crippen LogP contribution >= 0.6 is 0 Å². The van der Waals surface area contributed by atoms with E-state index in [1.54, 1.807) is 24.5 Å². The van der Waals surface area contributed by atoms with Gasteiger partial charge in [-0.25, -0.2) is 4.98 Å². The molecule has 4 heterocycles. The van der Waals surface area contributed by atoms with Crippen LogP contribution in [-0.2, 0) is 5.41 Å². The Bertz CT molecular complexity index is 2890. The van der Waals surface area contributed by atoms with E-state index in [4.69, 9.17) is 13.8 Å². The Hall–Kier alpha value is -6.53. The third-order valence-corrected chi connectivity index (χ3v) is 9.53. The van der Waals surface area contributed by atoms with Gasteiger partial charge in [0.25, 0.3) is 6.33 Å². The summed E-state index contributed by atoms with van der Waals surface area (Å²) in [6.07, 6.45) is 8.84. The normalized spacial score (nSPS) is 12.9. The topological polar surface area (TPSA) is 48.8 Å². The minimum absolute atomic E-state index is 0.0304. The smallest absolute Gasteiger partial charge is 0.269 e. The zero-order valence-electron chi connectivity index (χ0n) is 32.1. The standard InChI is InChI=1S/C46H37N5O/c1-31-22-33(32-12-6-5-7-13-32)24-35(23-31)49-30-50(43-17-11-10-16-42(43)49)36-26-38(29-47-28-36)52-37-18-19-40-39-14-8-9-15-41(39)51(44(40)27-37)45-25-34(20-21-48-45)46(2,3)4/h5-29H,1-4H3/i1D3. The minimum Gasteiger partial charge on any atom is -0.456 e. The van der Waals surface area contributed by atoms with E-state index < -0.39 is 6.85 Å². The fourth-order valence-corrected chi connectivity index (χ4v) is 6.97. The van der Waals surface area contributed by atoms with Gasteiger partial charge in [0, 0.05) is 33.3 Å². The van der Waals surface area contributed by atoms with Crippen molar-refractivity contribution in [1.29, 1.82) is 0 Å². The van der Waals surface area contributed by atoms with E-state index in [9.17, 15) is 0 Å². The Kier molecular flexibility index (Phi) is 6.70. The fraction of sp³-hybridized carbons (Fsp3) is 0.109. The Morgan fingerprint density at radius 1 is 0.692 bits per heavy atom. The number of hydrogen-bond donors (Lipinski definition) is 0. The van der Waals surface area contributed by atoms with Gasteiger partial charge in [0.1, 0.15) is 17.3 Å². The molecule has 5 aromatic carbocycles. The Balaban J connectivity index is 1.12. The molecular formula is C46H37N5O. The molecule has 0 aliphatic carbocycles. The van der Waals surface area contributed by atoms with Crippen molar-refractivity contribution in [2.45, 2.75) is 33.0 Å². The van der Waals surface area contributed by atoms with Gasteiger partial charge in [0.05, 0.1) is 39.6 Å². The summed E-state index contributed by atoms with van der Waals surface area (Å²) >= 11 is 0. The van der Waals surface area contributed by atoms with Crippen molar-refractivity contribution < 1.29 is 13.4 Å². The lowest BCUT2D eigenvalue weighted by molar-refractivity contribution is -0.572. The van der Waals surface area contributed by atoms with Crippen LogP contribution < -0.4 is 9.30 Å². The molecule has 252 valence electrons. The zero-order chi connectivity index (χ0) is 37.9. The summed E-state index contributed by atoms with van der Waals surface area (Å²) in [4.78, 5) is 9.39. The van der Waals surface area contributed by atoms with Crippen LogP contribution in [0, 0.1) is 13.2 Å². The number of nitrogens with zero attached hydrogens (tertiary/aromatic N) is 5. The lowest BCUT2D eigenvalue weighted by atomic mass is 9.88. The number of ether oxygens (including phenoxy) is 1. The second-order valence-electron chi connectivity index (χ2n) is 14.1. The molecule has 0 amide bonds. The van der Waals surface area contributed by atoms with E-state index in [0.29, 0.717) is 17.2 Å². The largest absolute Gasteiger partial charge is 0.456 e. The van der Waals surface area contributed by atoms with Gasteiger partial charge < -0.3 is 4.74 Å². The van der Waals surface area contributed by atoms with Gasteiger partial charge in [-0.1, -0.05) is 105 Å². The zero-order valence-corrected chi connectivity index (χ0v) is 29.1. The van der Waals surface area contributed by atoms with Gasteiger partial charge >= 0.3 is 0 Å². The van der Waals surface area contributed by atoms with Gasteiger partial charge in [-0.2, -0.15) is 0 Å². The summed E-state index contributed by atoms with van der Waals surface area (Å²) in [6.45, 7) is 4.33. The third-order valence-electron chi connectivity index (χ3n) is 9.53. The minimum atomic E-state index is -2.29. The Morgan fingerprint density at radius 2 is 1.48 bits per heavy atom. The molecule has 0 fully saturated rings. The number of imidazole rings is 1. The molecule has 0 atom stereocenters. The monoisotopic (exact) mass is 678 g/mol. The average Bonchev–Trinajstić information content (AvgIpc) is 3.74. The van der Waals surface area contributed by atoms with Gasteiger partial charge in [-0.3, -0.25) is 18.7 Å². The summed E-state index contributed by atoms with van der Waals surface area (Å²) in [6, 6.07) is 43.9. The highest BCUT2D eigenvalue weighted by Gasteiger charge is 2.19. The third kappa shape index (κ3) is 5.59. The van der Waals surface area contributed by atoms with Crippen LogP contribution in [-0.4, -0.2) is 19.1 Å². The summed E-state index contributed by atoms with van der Waals surface area (Å²) in [5.41, 5.74) is 8.39. The lowest BCUT2D eigenvalue weighted by Gasteiger charge is -2.20. The van der Waals surface area contributed by atoms with Crippen molar-refractivity contribution in [2.24, 2.45) is 0 Å². The molecule has 6 nitrogen and oxygen atoms in total. The summed E-state index contributed by atoms with van der Waals surface area (Å²) < 4.78 is 37.3. The number of fused-ring (bicyclic) bond motifs is 4. The fourth-order valence-electron chi connectivity index (χ4n) is 6.97. The maximum absolute atomic E-state index is 8.25. The number of rotatable bonds is 6. The number of para-hydroxylation sites is 3. The first-order chi connectivity index (χ1) is 26.5. The van der Waals surface area contributed by atoms with Crippen molar-refractivity contribution >= 4 is 32.8 Å². The molecule has 0 aliphatic heterocycles.